The summed E-state index contributed by atoms with van der Waals surface area (Å²) in [6.45, 7) is 0. The van der Waals surface area contributed by atoms with Crippen molar-refractivity contribution in [2.45, 2.75) is 18.8 Å². The van der Waals surface area contributed by atoms with Gasteiger partial charge < -0.3 is 0 Å². The van der Waals surface area contributed by atoms with Gasteiger partial charge in [0.25, 0.3) is 0 Å². The van der Waals surface area contributed by atoms with Crippen molar-refractivity contribution in [3.63, 3.8) is 0 Å². The van der Waals surface area contributed by atoms with E-state index in [1.165, 1.54) is 5.56 Å². The van der Waals surface area contributed by atoms with Crippen LogP contribution in [0.15, 0.2) is 59.1 Å². The second-order valence-corrected chi connectivity index (χ2v) is 6.06. The highest BCUT2D eigenvalue weighted by Gasteiger charge is 2.33. The first-order valence-electron chi connectivity index (χ1n) is 7.35. The minimum atomic E-state index is 0.144. The molecule has 0 saturated carbocycles. The third-order valence-electron chi connectivity index (χ3n) is 4.38. The minimum Gasteiger partial charge on any atom is -0.252 e. The standard InChI is InChI=1S/C19H13ClN2/c20-13-6-8-17-15(10-13)19-16(11-21)14(7-9-18(19)22-17)12-4-2-1-3-5-12/h1-6,8,10,14H,7,9H2. The van der Waals surface area contributed by atoms with Gasteiger partial charge in [0.2, 0.25) is 0 Å². The molecule has 1 aliphatic carbocycles. The van der Waals surface area contributed by atoms with Crippen LogP contribution in [0.25, 0.3) is 5.57 Å². The fourth-order valence-corrected chi connectivity index (χ4v) is 3.57. The highest BCUT2D eigenvalue weighted by molar-refractivity contribution is 6.34. The summed E-state index contributed by atoms with van der Waals surface area (Å²) in [6.07, 6.45) is 1.82. The van der Waals surface area contributed by atoms with Crippen molar-refractivity contribution < 1.29 is 0 Å². The van der Waals surface area contributed by atoms with Gasteiger partial charge in [-0.05, 0) is 36.6 Å². The van der Waals surface area contributed by atoms with E-state index in [1.807, 2.05) is 36.4 Å². The molecular weight excluding hydrogens is 292 g/mol. The number of nitrogens with zero attached hydrogens (tertiary/aromatic N) is 2. The average molecular weight is 305 g/mol. The Morgan fingerprint density at radius 2 is 1.95 bits per heavy atom. The van der Waals surface area contributed by atoms with Gasteiger partial charge in [-0.15, -0.1) is 0 Å². The van der Waals surface area contributed by atoms with Gasteiger partial charge in [-0.2, -0.15) is 5.26 Å². The van der Waals surface area contributed by atoms with E-state index in [1.54, 1.807) is 0 Å². The molecular formula is C19H13ClN2. The summed E-state index contributed by atoms with van der Waals surface area (Å²) in [7, 11) is 0. The van der Waals surface area contributed by atoms with E-state index in [4.69, 9.17) is 16.6 Å². The Bertz CT molecular complexity index is 857. The topological polar surface area (TPSA) is 36.1 Å². The van der Waals surface area contributed by atoms with Crippen LogP contribution in [-0.4, -0.2) is 5.71 Å². The van der Waals surface area contributed by atoms with Gasteiger partial charge in [-0.25, -0.2) is 0 Å². The second-order valence-electron chi connectivity index (χ2n) is 5.62. The summed E-state index contributed by atoms with van der Waals surface area (Å²) in [5, 5.41) is 10.5. The summed E-state index contributed by atoms with van der Waals surface area (Å²) < 4.78 is 0. The van der Waals surface area contributed by atoms with Gasteiger partial charge in [-0.3, -0.25) is 4.99 Å². The minimum absolute atomic E-state index is 0.144. The lowest BCUT2D eigenvalue weighted by Crippen LogP contribution is -2.15. The first-order valence-corrected chi connectivity index (χ1v) is 7.73. The van der Waals surface area contributed by atoms with Gasteiger partial charge in [0.15, 0.2) is 0 Å². The smallest absolute Gasteiger partial charge is 0.0960 e. The predicted octanol–water partition coefficient (Wildman–Crippen LogP) is 5.28. The summed E-state index contributed by atoms with van der Waals surface area (Å²) in [6, 6.07) is 18.4. The van der Waals surface area contributed by atoms with E-state index in [0.29, 0.717) is 5.02 Å². The molecule has 1 unspecified atom stereocenters. The molecule has 0 N–H and O–H groups in total. The molecule has 1 aliphatic heterocycles. The molecule has 0 bridgehead atoms. The van der Waals surface area contributed by atoms with Crippen LogP contribution in [0.3, 0.4) is 0 Å². The van der Waals surface area contributed by atoms with Crippen molar-refractivity contribution >= 4 is 28.6 Å². The highest BCUT2D eigenvalue weighted by atomic mass is 35.5. The number of halogens is 1. The third kappa shape index (κ3) is 1.98. The average Bonchev–Trinajstić information content (AvgIpc) is 2.92. The number of hydrogen-bond acceptors (Lipinski definition) is 2. The van der Waals surface area contributed by atoms with Crippen LogP contribution < -0.4 is 0 Å². The molecule has 0 amide bonds. The van der Waals surface area contributed by atoms with Crippen molar-refractivity contribution in [1.82, 2.24) is 0 Å². The Balaban J connectivity index is 1.92. The molecule has 0 aromatic heterocycles. The van der Waals surface area contributed by atoms with Crippen LogP contribution in [0.1, 0.15) is 29.9 Å². The lowest BCUT2D eigenvalue weighted by atomic mass is 9.77. The van der Waals surface area contributed by atoms with Crippen molar-refractivity contribution in [2.75, 3.05) is 0 Å². The van der Waals surface area contributed by atoms with Crippen molar-refractivity contribution in [3.05, 3.63) is 70.3 Å². The molecule has 2 nitrogen and oxygen atoms in total. The number of hydrogen-bond donors (Lipinski definition) is 0. The van der Waals surface area contributed by atoms with Crippen LogP contribution >= 0.6 is 11.6 Å². The predicted molar refractivity (Wildman–Crippen MR) is 89.5 cm³/mol. The van der Waals surface area contributed by atoms with Gasteiger partial charge in [0.1, 0.15) is 0 Å². The Hall–Kier alpha value is -2.37. The van der Waals surface area contributed by atoms with E-state index in [9.17, 15) is 5.26 Å². The zero-order valence-electron chi connectivity index (χ0n) is 11.9. The summed E-state index contributed by atoms with van der Waals surface area (Å²) in [5.41, 5.74) is 5.97. The van der Waals surface area contributed by atoms with Gasteiger partial charge >= 0.3 is 0 Å². The van der Waals surface area contributed by atoms with Gasteiger partial charge in [0, 0.05) is 27.7 Å². The summed E-state index contributed by atoms with van der Waals surface area (Å²) in [4.78, 5) is 4.69. The van der Waals surface area contributed by atoms with Crippen molar-refractivity contribution in [1.29, 1.82) is 5.26 Å². The Kier molecular flexibility index (Phi) is 3.10. The Morgan fingerprint density at radius 1 is 1.14 bits per heavy atom. The number of benzene rings is 2. The summed E-state index contributed by atoms with van der Waals surface area (Å²) >= 11 is 6.14. The molecule has 2 aliphatic rings. The van der Waals surface area contributed by atoms with Crippen LogP contribution in [0.2, 0.25) is 5.02 Å². The molecule has 2 aromatic carbocycles. The quantitative estimate of drug-likeness (QED) is 0.706. The first kappa shape index (κ1) is 13.3. The van der Waals surface area contributed by atoms with E-state index in [0.717, 1.165) is 41.0 Å². The Labute approximate surface area is 134 Å². The Morgan fingerprint density at radius 3 is 2.73 bits per heavy atom. The molecule has 1 heterocycles. The third-order valence-corrected chi connectivity index (χ3v) is 4.62. The maximum Gasteiger partial charge on any atom is 0.0960 e. The van der Waals surface area contributed by atoms with Gasteiger partial charge in [0.05, 0.1) is 17.5 Å². The van der Waals surface area contributed by atoms with E-state index in [2.05, 4.69) is 18.2 Å². The molecule has 0 fully saturated rings. The SMILES string of the molecule is N#CC1=C2C(=Nc3ccc(Cl)cc32)CCC1c1ccccc1. The number of fused-ring (bicyclic) bond motifs is 3. The van der Waals surface area contributed by atoms with E-state index >= 15 is 0 Å². The zero-order chi connectivity index (χ0) is 15.1. The molecule has 4 rings (SSSR count). The number of nitriles is 1. The number of allylic oxidation sites excluding steroid dienone is 2. The van der Waals surface area contributed by atoms with Crippen molar-refractivity contribution in [2.24, 2.45) is 4.99 Å². The van der Waals surface area contributed by atoms with Crippen LogP contribution in [-0.2, 0) is 0 Å². The molecule has 1 atom stereocenters. The molecule has 0 saturated heterocycles. The lowest BCUT2D eigenvalue weighted by molar-refractivity contribution is 0.737. The normalized spacial score (nSPS) is 19.3. The molecule has 0 spiro atoms. The maximum absolute atomic E-state index is 9.77. The fourth-order valence-electron chi connectivity index (χ4n) is 3.40. The number of aliphatic imine (C=N–C) groups is 1. The maximum atomic E-state index is 9.77. The summed E-state index contributed by atoms with van der Waals surface area (Å²) in [5.74, 6) is 0.144. The van der Waals surface area contributed by atoms with Crippen LogP contribution in [0.4, 0.5) is 5.69 Å². The molecule has 3 heteroatoms. The van der Waals surface area contributed by atoms with Crippen molar-refractivity contribution in [3.8, 4) is 6.07 Å². The van der Waals surface area contributed by atoms with E-state index in [-0.39, 0.29) is 5.92 Å². The molecule has 22 heavy (non-hydrogen) atoms. The molecule has 2 aromatic rings. The number of rotatable bonds is 1. The monoisotopic (exact) mass is 304 g/mol. The molecule has 106 valence electrons. The second kappa shape index (κ2) is 5.12. The highest BCUT2D eigenvalue weighted by Crippen LogP contribution is 2.46. The van der Waals surface area contributed by atoms with E-state index < -0.39 is 0 Å². The van der Waals surface area contributed by atoms with Gasteiger partial charge in [-0.1, -0.05) is 41.9 Å². The lowest BCUT2D eigenvalue weighted by Gasteiger charge is -2.24. The first-order chi connectivity index (χ1) is 10.8. The van der Waals surface area contributed by atoms with Crippen LogP contribution in [0.5, 0.6) is 0 Å². The molecule has 0 radical (unpaired) electrons. The largest absolute Gasteiger partial charge is 0.252 e. The fraction of sp³-hybridized carbons (Fsp3) is 0.158. The zero-order valence-corrected chi connectivity index (χ0v) is 12.6. The van der Waals surface area contributed by atoms with Crippen LogP contribution in [0, 0.1) is 11.3 Å².